The van der Waals surface area contributed by atoms with E-state index in [0.717, 1.165) is 39.0 Å². The molecular weight excluding hydrogens is 390 g/mol. The Labute approximate surface area is 184 Å². The van der Waals surface area contributed by atoms with Gasteiger partial charge >= 0.3 is 0 Å². The van der Waals surface area contributed by atoms with E-state index in [1.165, 1.54) is 28.7 Å². The number of hydrogen-bond donors (Lipinski definition) is 0. The third-order valence-corrected chi connectivity index (χ3v) is 6.69. The van der Waals surface area contributed by atoms with E-state index in [1.54, 1.807) is 0 Å². The lowest BCUT2D eigenvalue weighted by Gasteiger charge is -2.42. The minimum Gasteiger partial charge on any atom is -0.424 e. The zero-order valence-corrected chi connectivity index (χ0v) is 18.7. The number of nitrogens with zero attached hydrogens (tertiary/aromatic N) is 5. The zero-order valence-electron chi connectivity index (χ0n) is 18.7. The summed E-state index contributed by atoms with van der Waals surface area (Å²) in [4.78, 5) is 17.2. The lowest BCUT2D eigenvalue weighted by Crippen LogP contribution is -2.55. The second kappa shape index (κ2) is 9.19. The largest absolute Gasteiger partial charge is 0.424 e. The van der Waals surface area contributed by atoms with E-state index in [0.29, 0.717) is 24.1 Å². The summed E-state index contributed by atoms with van der Waals surface area (Å²) < 4.78 is 5.60. The highest BCUT2D eigenvalue weighted by molar-refractivity contribution is 5.80. The van der Waals surface area contributed by atoms with Crippen LogP contribution in [0.4, 0.5) is 0 Å². The van der Waals surface area contributed by atoms with Crippen LogP contribution in [0.15, 0.2) is 16.5 Å². The first-order valence-electron chi connectivity index (χ1n) is 11.2. The first-order chi connectivity index (χ1) is 14.9. The molecule has 1 amide bonds. The Balaban J connectivity index is 1.42. The predicted octanol–water partition coefficient (Wildman–Crippen LogP) is 3.18. The van der Waals surface area contributed by atoms with Crippen molar-refractivity contribution in [3.05, 3.63) is 46.2 Å². The molecule has 1 aliphatic heterocycles. The molecule has 0 N–H and O–H groups in total. The second-order valence-electron chi connectivity index (χ2n) is 9.05. The van der Waals surface area contributed by atoms with Crippen molar-refractivity contribution in [1.29, 1.82) is 5.26 Å². The van der Waals surface area contributed by atoms with Crippen LogP contribution in [0.3, 0.4) is 0 Å². The summed E-state index contributed by atoms with van der Waals surface area (Å²) in [5.74, 6) is 1.55. The average molecular weight is 422 g/mol. The molecule has 0 spiro atoms. The third-order valence-electron chi connectivity index (χ3n) is 6.69. The lowest BCUT2D eigenvalue weighted by molar-refractivity contribution is -0.142. The van der Waals surface area contributed by atoms with Gasteiger partial charge in [-0.05, 0) is 50.3 Å². The molecule has 7 heteroatoms. The van der Waals surface area contributed by atoms with Crippen molar-refractivity contribution < 1.29 is 9.21 Å². The fraction of sp³-hybridized carbons (Fsp3) is 0.583. The summed E-state index contributed by atoms with van der Waals surface area (Å²) in [6.07, 6.45) is 4.03. The number of aryl methyl sites for hydroxylation is 1. The van der Waals surface area contributed by atoms with Crippen LogP contribution in [0.2, 0.25) is 0 Å². The average Bonchev–Trinajstić information content (AvgIpc) is 3.11. The van der Waals surface area contributed by atoms with Crippen molar-refractivity contribution in [1.82, 2.24) is 20.0 Å². The number of rotatable bonds is 6. The van der Waals surface area contributed by atoms with E-state index in [9.17, 15) is 4.79 Å². The van der Waals surface area contributed by atoms with E-state index in [1.807, 2.05) is 6.07 Å². The van der Waals surface area contributed by atoms with Gasteiger partial charge in [0.15, 0.2) is 0 Å². The maximum Gasteiger partial charge on any atom is 0.230 e. The molecule has 0 unspecified atom stereocenters. The number of hydrogen-bond acceptors (Lipinski definition) is 6. The van der Waals surface area contributed by atoms with Crippen LogP contribution in [0, 0.1) is 31.1 Å². The van der Waals surface area contributed by atoms with Crippen LogP contribution >= 0.6 is 0 Å². The first kappa shape index (κ1) is 21.5. The smallest absolute Gasteiger partial charge is 0.230 e. The lowest BCUT2D eigenvalue weighted by atomic mass is 9.84. The van der Waals surface area contributed by atoms with Gasteiger partial charge in [-0.15, -0.1) is 10.2 Å². The van der Waals surface area contributed by atoms with E-state index in [4.69, 9.17) is 9.68 Å². The van der Waals surface area contributed by atoms with Gasteiger partial charge < -0.3 is 9.32 Å². The van der Waals surface area contributed by atoms with Gasteiger partial charge in [-0.3, -0.25) is 9.69 Å². The molecule has 1 saturated heterocycles. The molecule has 4 rings (SSSR count). The maximum absolute atomic E-state index is 12.7. The standard InChI is InChI=1S/C24H31N5O2/c1-16-11-20(13-23-27-26-22(31-23)7-8-25)18(3)21(12-16)15-28-9-10-29(17(2)14-28)24(30)19-5-4-6-19/h11-12,17,19H,4-7,9-10,13-15H2,1-3H3/t17-/m0/s1. The molecule has 164 valence electrons. The molecule has 31 heavy (non-hydrogen) atoms. The monoisotopic (exact) mass is 421 g/mol. The minimum atomic E-state index is 0.137. The molecule has 1 saturated carbocycles. The molecule has 1 aliphatic carbocycles. The Kier molecular flexibility index (Phi) is 6.38. The number of carbonyl (C=O) groups is 1. The van der Waals surface area contributed by atoms with Gasteiger partial charge in [0.1, 0.15) is 6.42 Å². The molecule has 2 fully saturated rings. The van der Waals surface area contributed by atoms with Gasteiger partial charge in [-0.2, -0.15) is 5.26 Å². The van der Waals surface area contributed by atoms with Crippen molar-refractivity contribution >= 4 is 5.91 Å². The Morgan fingerprint density at radius 2 is 1.94 bits per heavy atom. The fourth-order valence-corrected chi connectivity index (χ4v) is 4.66. The molecule has 2 heterocycles. The molecule has 0 bridgehead atoms. The molecule has 7 nitrogen and oxygen atoms in total. The summed E-state index contributed by atoms with van der Waals surface area (Å²) in [5, 5.41) is 16.8. The molecule has 0 radical (unpaired) electrons. The molecule has 1 aromatic heterocycles. The summed E-state index contributed by atoms with van der Waals surface area (Å²) >= 11 is 0. The third kappa shape index (κ3) is 4.80. The number of benzene rings is 1. The minimum absolute atomic E-state index is 0.137. The number of nitriles is 1. The number of amides is 1. The van der Waals surface area contributed by atoms with Gasteiger partial charge in [-0.1, -0.05) is 24.1 Å². The number of piperazine rings is 1. The Morgan fingerprint density at radius 3 is 2.61 bits per heavy atom. The summed E-state index contributed by atoms with van der Waals surface area (Å²) in [7, 11) is 0. The van der Waals surface area contributed by atoms with Crippen molar-refractivity contribution in [2.75, 3.05) is 19.6 Å². The van der Waals surface area contributed by atoms with E-state index >= 15 is 0 Å². The highest BCUT2D eigenvalue weighted by Crippen LogP contribution is 2.30. The second-order valence-corrected chi connectivity index (χ2v) is 9.05. The van der Waals surface area contributed by atoms with Crippen molar-refractivity contribution in [2.24, 2.45) is 5.92 Å². The van der Waals surface area contributed by atoms with E-state index < -0.39 is 0 Å². The Bertz CT molecular complexity index is 988. The Morgan fingerprint density at radius 1 is 1.19 bits per heavy atom. The van der Waals surface area contributed by atoms with Gasteiger partial charge in [0.25, 0.3) is 0 Å². The van der Waals surface area contributed by atoms with Gasteiger partial charge in [0.05, 0.1) is 12.5 Å². The molecule has 2 aromatic rings. The van der Waals surface area contributed by atoms with Crippen LogP contribution in [0.25, 0.3) is 0 Å². The first-order valence-corrected chi connectivity index (χ1v) is 11.2. The molecule has 1 atom stereocenters. The van der Waals surface area contributed by atoms with Gasteiger partial charge in [0.2, 0.25) is 17.7 Å². The SMILES string of the molecule is Cc1cc(Cc2nnc(CC#N)o2)c(C)c(CN2CCN(C(=O)C3CCC3)[C@@H](C)C2)c1. The summed E-state index contributed by atoms with van der Waals surface area (Å²) in [6, 6.07) is 6.72. The van der Waals surface area contributed by atoms with Crippen LogP contribution in [-0.4, -0.2) is 51.6 Å². The maximum atomic E-state index is 12.7. The van der Waals surface area contributed by atoms with Gasteiger partial charge in [-0.25, -0.2) is 0 Å². The van der Waals surface area contributed by atoms with E-state index in [2.05, 4.69) is 52.9 Å². The van der Waals surface area contributed by atoms with Crippen LogP contribution in [0.1, 0.15) is 60.2 Å². The highest BCUT2D eigenvalue weighted by Gasteiger charge is 2.34. The van der Waals surface area contributed by atoms with Gasteiger partial charge in [0, 0.05) is 38.1 Å². The highest BCUT2D eigenvalue weighted by atomic mass is 16.4. The topological polar surface area (TPSA) is 86.3 Å². The van der Waals surface area contributed by atoms with Crippen molar-refractivity contribution in [2.45, 2.75) is 65.5 Å². The Hall–Kier alpha value is -2.72. The molecular formula is C24H31N5O2. The molecule has 2 aliphatic rings. The van der Waals surface area contributed by atoms with Crippen molar-refractivity contribution in [3.63, 3.8) is 0 Å². The number of carbonyl (C=O) groups excluding carboxylic acids is 1. The zero-order chi connectivity index (χ0) is 22.0. The molecule has 1 aromatic carbocycles. The normalized spacial score (nSPS) is 19.8. The predicted molar refractivity (Wildman–Crippen MR) is 116 cm³/mol. The summed E-state index contributed by atoms with van der Waals surface area (Å²) in [5.41, 5.74) is 4.93. The summed E-state index contributed by atoms with van der Waals surface area (Å²) in [6.45, 7) is 9.94. The van der Waals surface area contributed by atoms with Crippen LogP contribution < -0.4 is 0 Å². The van der Waals surface area contributed by atoms with Crippen LogP contribution in [0.5, 0.6) is 0 Å². The van der Waals surface area contributed by atoms with E-state index in [-0.39, 0.29) is 18.4 Å². The fourth-order valence-electron chi connectivity index (χ4n) is 4.66. The van der Waals surface area contributed by atoms with Crippen molar-refractivity contribution in [3.8, 4) is 6.07 Å². The number of aromatic nitrogens is 2. The van der Waals surface area contributed by atoms with Crippen LogP contribution in [-0.2, 0) is 24.2 Å². The quantitative estimate of drug-likeness (QED) is 0.712.